The van der Waals surface area contributed by atoms with Crippen molar-refractivity contribution in [3.63, 3.8) is 0 Å². The summed E-state index contributed by atoms with van der Waals surface area (Å²) < 4.78 is 0. The number of carbonyl (C=O) groups is 2. The molecule has 108 valence electrons. The summed E-state index contributed by atoms with van der Waals surface area (Å²) in [5, 5.41) is 15.3. The maximum atomic E-state index is 11.9. The quantitative estimate of drug-likeness (QED) is 0.698. The fraction of sp³-hybridized carbons (Fsp3) is 0.857. The molecule has 1 saturated heterocycles. The Bertz CT molecular complexity index is 327. The van der Waals surface area contributed by atoms with E-state index in [9.17, 15) is 9.59 Å². The van der Waals surface area contributed by atoms with Crippen LogP contribution in [0.15, 0.2) is 0 Å². The molecule has 0 aromatic heterocycles. The molecule has 3 unspecified atom stereocenters. The van der Waals surface area contributed by atoms with Crippen molar-refractivity contribution in [1.82, 2.24) is 10.6 Å². The molecule has 2 rings (SSSR count). The first-order chi connectivity index (χ1) is 9.16. The molecular formula is C14H24N2O3. The van der Waals surface area contributed by atoms with E-state index in [0.717, 1.165) is 32.4 Å². The number of carboxylic acid groups (broad SMARTS) is 1. The molecule has 1 heterocycles. The summed E-state index contributed by atoms with van der Waals surface area (Å²) in [6.45, 7) is 2.10. The van der Waals surface area contributed by atoms with Gasteiger partial charge in [-0.05, 0) is 51.1 Å². The van der Waals surface area contributed by atoms with Gasteiger partial charge in [0.1, 0.15) is 0 Å². The summed E-state index contributed by atoms with van der Waals surface area (Å²) in [6, 6.07) is -0.158. The highest BCUT2D eigenvalue weighted by molar-refractivity contribution is 5.78. The van der Waals surface area contributed by atoms with Crippen LogP contribution in [0.4, 0.5) is 0 Å². The molecule has 0 radical (unpaired) electrons. The lowest BCUT2D eigenvalue weighted by atomic mass is 9.94. The predicted molar refractivity (Wildman–Crippen MR) is 71.7 cm³/mol. The zero-order valence-electron chi connectivity index (χ0n) is 11.4. The van der Waals surface area contributed by atoms with Crippen LogP contribution in [0.3, 0.4) is 0 Å². The lowest BCUT2D eigenvalue weighted by Gasteiger charge is -2.23. The van der Waals surface area contributed by atoms with E-state index in [1.54, 1.807) is 0 Å². The Hall–Kier alpha value is -1.10. The van der Waals surface area contributed by atoms with Crippen molar-refractivity contribution >= 4 is 11.9 Å². The highest BCUT2D eigenvalue weighted by Gasteiger charge is 2.33. The Morgan fingerprint density at radius 1 is 1.21 bits per heavy atom. The van der Waals surface area contributed by atoms with Crippen molar-refractivity contribution < 1.29 is 14.7 Å². The number of carboxylic acids is 1. The standard InChI is InChI=1S/C14H24N2O3/c17-13(7-6-10-3-2-8-15-9-10)16-12-5-1-4-11(12)14(18)19/h10-12,15H,1-9H2,(H,16,17)(H,18,19). The number of rotatable bonds is 5. The molecule has 2 fully saturated rings. The molecule has 3 N–H and O–H groups in total. The maximum absolute atomic E-state index is 11.9. The van der Waals surface area contributed by atoms with E-state index in [1.807, 2.05) is 0 Å². The normalized spacial score (nSPS) is 31.1. The fourth-order valence-electron chi connectivity index (χ4n) is 3.21. The maximum Gasteiger partial charge on any atom is 0.308 e. The van der Waals surface area contributed by atoms with Crippen molar-refractivity contribution in [2.45, 2.75) is 51.0 Å². The molecule has 1 amide bonds. The van der Waals surface area contributed by atoms with Crippen LogP contribution >= 0.6 is 0 Å². The number of hydrogen-bond acceptors (Lipinski definition) is 3. The number of carbonyl (C=O) groups excluding carboxylic acids is 1. The minimum Gasteiger partial charge on any atom is -0.481 e. The van der Waals surface area contributed by atoms with Gasteiger partial charge in [-0.25, -0.2) is 0 Å². The third-order valence-corrected chi connectivity index (χ3v) is 4.36. The van der Waals surface area contributed by atoms with Gasteiger partial charge in [0.15, 0.2) is 0 Å². The monoisotopic (exact) mass is 268 g/mol. The molecule has 1 aliphatic carbocycles. The SMILES string of the molecule is O=C(CCC1CCCNC1)NC1CCCC1C(=O)O. The molecule has 5 heteroatoms. The second-order valence-corrected chi connectivity index (χ2v) is 5.80. The lowest BCUT2D eigenvalue weighted by molar-refractivity contribution is -0.142. The zero-order valence-corrected chi connectivity index (χ0v) is 11.4. The molecule has 0 spiro atoms. The van der Waals surface area contributed by atoms with Crippen LogP contribution in [0.1, 0.15) is 44.9 Å². The van der Waals surface area contributed by atoms with Crippen LogP contribution in [-0.2, 0) is 9.59 Å². The molecule has 19 heavy (non-hydrogen) atoms. The molecule has 2 aliphatic rings. The van der Waals surface area contributed by atoms with Crippen molar-refractivity contribution in [2.75, 3.05) is 13.1 Å². The summed E-state index contributed by atoms with van der Waals surface area (Å²) >= 11 is 0. The van der Waals surface area contributed by atoms with Crippen molar-refractivity contribution in [3.8, 4) is 0 Å². The van der Waals surface area contributed by atoms with Gasteiger partial charge in [0.2, 0.25) is 5.91 Å². The van der Waals surface area contributed by atoms with Gasteiger partial charge in [-0.1, -0.05) is 6.42 Å². The molecule has 1 aliphatic heterocycles. The van der Waals surface area contributed by atoms with Crippen LogP contribution in [0.2, 0.25) is 0 Å². The molecule has 0 bridgehead atoms. The smallest absolute Gasteiger partial charge is 0.308 e. The zero-order chi connectivity index (χ0) is 13.7. The van der Waals surface area contributed by atoms with Crippen LogP contribution in [-0.4, -0.2) is 36.1 Å². The van der Waals surface area contributed by atoms with E-state index in [4.69, 9.17) is 5.11 Å². The van der Waals surface area contributed by atoms with Crippen molar-refractivity contribution in [2.24, 2.45) is 11.8 Å². The first kappa shape index (κ1) is 14.3. The topological polar surface area (TPSA) is 78.4 Å². The van der Waals surface area contributed by atoms with Gasteiger partial charge in [-0.3, -0.25) is 9.59 Å². The molecule has 0 aromatic carbocycles. The number of hydrogen-bond donors (Lipinski definition) is 3. The van der Waals surface area contributed by atoms with E-state index < -0.39 is 5.97 Å². The van der Waals surface area contributed by atoms with E-state index >= 15 is 0 Å². The lowest BCUT2D eigenvalue weighted by Crippen LogP contribution is -2.40. The summed E-state index contributed by atoms with van der Waals surface area (Å²) in [5.74, 6) is -0.554. The predicted octanol–water partition coefficient (Wildman–Crippen LogP) is 1.14. The highest BCUT2D eigenvalue weighted by atomic mass is 16.4. The Morgan fingerprint density at radius 2 is 2.05 bits per heavy atom. The van der Waals surface area contributed by atoms with Gasteiger partial charge in [0.25, 0.3) is 0 Å². The van der Waals surface area contributed by atoms with E-state index in [0.29, 0.717) is 18.8 Å². The Morgan fingerprint density at radius 3 is 2.74 bits per heavy atom. The largest absolute Gasteiger partial charge is 0.481 e. The molecule has 3 atom stereocenters. The summed E-state index contributed by atoms with van der Waals surface area (Å²) in [6.07, 6.45) is 6.20. The van der Waals surface area contributed by atoms with E-state index in [1.165, 1.54) is 12.8 Å². The number of piperidine rings is 1. The first-order valence-electron chi connectivity index (χ1n) is 7.39. The molecular weight excluding hydrogens is 244 g/mol. The average molecular weight is 268 g/mol. The molecule has 5 nitrogen and oxygen atoms in total. The average Bonchev–Trinajstić information content (AvgIpc) is 2.86. The Labute approximate surface area is 114 Å². The number of aliphatic carboxylic acids is 1. The summed E-state index contributed by atoms with van der Waals surface area (Å²) in [5.41, 5.74) is 0. The van der Waals surface area contributed by atoms with Gasteiger partial charge in [0, 0.05) is 12.5 Å². The Kier molecular flexibility index (Phi) is 5.19. The van der Waals surface area contributed by atoms with E-state index in [2.05, 4.69) is 10.6 Å². The molecule has 0 aromatic rings. The summed E-state index contributed by atoms with van der Waals surface area (Å²) in [7, 11) is 0. The first-order valence-corrected chi connectivity index (χ1v) is 7.39. The van der Waals surface area contributed by atoms with Crippen LogP contribution < -0.4 is 10.6 Å². The van der Waals surface area contributed by atoms with Gasteiger partial charge in [0.05, 0.1) is 5.92 Å². The van der Waals surface area contributed by atoms with Crippen LogP contribution in [0, 0.1) is 11.8 Å². The van der Waals surface area contributed by atoms with Gasteiger partial charge in [-0.15, -0.1) is 0 Å². The van der Waals surface area contributed by atoms with Gasteiger partial charge >= 0.3 is 5.97 Å². The minimum absolute atomic E-state index is 0.0173. The van der Waals surface area contributed by atoms with Crippen molar-refractivity contribution in [3.05, 3.63) is 0 Å². The second kappa shape index (κ2) is 6.89. The van der Waals surface area contributed by atoms with Crippen LogP contribution in [0.5, 0.6) is 0 Å². The van der Waals surface area contributed by atoms with Gasteiger partial charge < -0.3 is 15.7 Å². The molecule has 1 saturated carbocycles. The number of amides is 1. The fourth-order valence-corrected chi connectivity index (χ4v) is 3.21. The Balaban J connectivity index is 1.70. The van der Waals surface area contributed by atoms with Crippen molar-refractivity contribution in [1.29, 1.82) is 0 Å². The van der Waals surface area contributed by atoms with Crippen LogP contribution in [0.25, 0.3) is 0 Å². The minimum atomic E-state index is -0.778. The highest BCUT2D eigenvalue weighted by Crippen LogP contribution is 2.26. The number of nitrogens with one attached hydrogen (secondary N) is 2. The third kappa shape index (κ3) is 4.20. The third-order valence-electron chi connectivity index (χ3n) is 4.36. The second-order valence-electron chi connectivity index (χ2n) is 5.80. The summed E-state index contributed by atoms with van der Waals surface area (Å²) in [4.78, 5) is 22.9. The van der Waals surface area contributed by atoms with Gasteiger partial charge in [-0.2, -0.15) is 0 Å². The van der Waals surface area contributed by atoms with E-state index in [-0.39, 0.29) is 17.9 Å².